The van der Waals surface area contributed by atoms with Gasteiger partial charge in [-0.3, -0.25) is 4.79 Å². The Balaban J connectivity index is 1.72. The highest BCUT2D eigenvalue weighted by Crippen LogP contribution is 2.25. The van der Waals surface area contributed by atoms with Crippen LogP contribution < -0.4 is 5.32 Å². The lowest BCUT2D eigenvalue weighted by atomic mass is 10.0. The van der Waals surface area contributed by atoms with Crippen LogP contribution in [0.25, 0.3) is 0 Å². The van der Waals surface area contributed by atoms with Crippen molar-refractivity contribution in [3.63, 3.8) is 0 Å². The monoisotopic (exact) mass is 241 g/mol. The summed E-state index contributed by atoms with van der Waals surface area (Å²) < 4.78 is 5.56. The zero-order chi connectivity index (χ0) is 12.1. The number of carbonyl (C=O) groups is 1. The molecule has 3 unspecified atom stereocenters. The van der Waals surface area contributed by atoms with Crippen molar-refractivity contribution in [2.75, 3.05) is 13.2 Å². The first-order chi connectivity index (χ1) is 8.29. The van der Waals surface area contributed by atoms with E-state index in [2.05, 4.69) is 5.32 Å². The third kappa shape index (κ3) is 3.68. The van der Waals surface area contributed by atoms with Crippen molar-refractivity contribution in [2.45, 2.75) is 57.1 Å². The fourth-order valence-electron chi connectivity index (χ4n) is 2.89. The van der Waals surface area contributed by atoms with Gasteiger partial charge < -0.3 is 15.2 Å². The van der Waals surface area contributed by atoms with E-state index in [9.17, 15) is 9.90 Å². The standard InChI is InChI=1S/C13H23NO3/c15-9-10-4-3-6-12(10)14-13(16)8-11-5-1-2-7-17-11/h10-12,15H,1-9H2,(H,14,16). The van der Waals surface area contributed by atoms with E-state index in [1.54, 1.807) is 0 Å². The van der Waals surface area contributed by atoms with E-state index in [-0.39, 0.29) is 30.6 Å². The van der Waals surface area contributed by atoms with Crippen molar-refractivity contribution in [1.82, 2.24) is 5.32 Å². The molecule has 1 heterocycles. The van der Waals surface area contributed by atoms with Crippen LogP contribution in [0.5, 0.6) is 0 Å². The maximum atomic E-state index is 11.9. The number of hydrogen-bond donors (Lipinski definition) is 2. The van der Waals surface area contributed by atoms with Gasteiger partial charge in [-0.1, -0.05) is 6.42 Å². The number of ether oxygens (including phenoxy) is 1. The summed E-state index contributed by atoms with van der Waals surface area (Å²) in [6.45, 7) is 0.978. The van der Waals surface area contributed by atoms with Gasteiger partial charge in [0.2, 0.25) is 5.91 Å². The second-order valence-corrected chi connectivity index (χ2v) is 5.24. The van der Waals surface area contributed by atoms with Gasteiger partial charge in [0.05, 0.1) is 12.5 Å². The van der Waals surface area contributed by atoms with Gasteiger partial charge in [0, 0.05) is 25.2 Å². The van der Waals surface area contributed by atoms with Gasteiger partial charge in [0.15, 0.2) is 0 Å². The molecule has 1 saturated carbocycles. The number of nitrogens with one attached hydrogen (secondary N) is 1. The molecule has 0 bridgehead atoms. The van der Waals surface area contributed by atoms with Gasteiger partial charge in [-0.05, 0) is 32.1 Å². The Hall–Kier alpha value is -0.610. The molecule has 0 spiro atoms. The van der Waals surface area contributed by atoms with Crippen LogP contribution in [0.4, 0.5) is 0 Å². The molecular formula is C13H23NO3. The molecule has 4 nitrogen and oxygen atoms in total. The van der Waals surface area contributed by atoms with Gasteiger partial charge in [0.25, 0.3) is 0 Å². The predicted octanol–water partition coefficient (Wildman–Crippen LogP) is 1.22. The molecule has 0 aromatic heterocycles. The molecule has 2 fully saturated rings. The molecule has 1 aliphatic carbocycles. The molecule has 1 saturated heterocycles. The van der Waals surface area contributed by atoms with E-state index in [1.165, 1.54) is 6.42 Å². The van der Waals surface area contributed by atoms with Crippen molar-refractivity contribution in [3.05, 3.63) is 0 Å². The summed E-state index contributed by atoms with van der Waals surface area (Å²) in [5.74, 6) is 0.341. The molecule has 2 rings (SSSR count). The zero-order valence-electron chi connectivity index (χ0n) is 10.4. The summed E-state index contributed by atoms with van der Waals surface area (Å²) in [5.41, 5.74) is 0. The van der Waals surface area contributed by atoms with Gasteiger partial charge >= 0.3 is 0 Å². The van der Waals surface area contributed by atoms with Crippen molar-refractivity contribution in [2.24, 2.45) is 5.92 Å². The average molecular weight is 241 g/mol. The number of hydrogen-bond acceptors (Lipinski definition) is 3. The van der Waals surface area contributed by atoms with E-state index in [0.29, 0.717) is 6.42 Å². The molecule has 4 heteroatoms. The van der Waals surface area contributed by atoms with Gasteiger partial charge in [-0.25, -0.2) is 0 Å². The van der Waals surface area contributed by atoms with Crippen LogP contribution in [0.1, 0.15) is 44.9 Å². The lowest BCUT2D eigenvalue weighted by Gasteiger charge is -2.24. The van der Waals surface area contributed by atoms with Crippen LogP contribution >= 0.6 is 0 Å². The molecular weight excluding hydrogens is 218 g/mol. The van der Waals surface area contributed by atoms with E-state index < -0.39 is 0 Å². The SMILES string of the molecule is O=C(CC1CCCCO1)NC1CCCC1CO. The lowest BCUT2D eigenvalue weighted by Crippen LogP contribution is -2.40. The highest BCUT2D eigenvalue weighted by atomic mass is 16.5. The van der Waals surface area contributed by atoms with E-state index in [0.717, 1.165) is 38.7 Å². The van der Waals surface area contributed by atoms with E-state index in [4.69, 9.17) is 4.74 Å². The lowest BCUT2D eigenvalue weighted by molar-refractivity contribution is -0.125. The highest BCUT2D eigenvalue weighted by Gasteiger charge is 2.28. The van der Waals surface area contributed by atoms with E-state index in [1.807, 2.05) is 0 Å². The molecule has 3 atom stereocenters. The van der Waals surface area contributed by atoms with Crippen LogP contribution in [-0.4, -0.2) is 36.4 Å². The van der Waals surface area contributed by atoms with Gasteiger partial charge in [-0.15, -0.1) is 0 Å². The van der Waals surface area contributed by atoms with Gasteiger partial charge in [0.1, 0.15) is 0 Å². The minimum atomic E-state index is 0.0854. The number of aliphatic hydroxyl groups is 1. The quantitative estimate of drug-likeness (QED) is 0.778. The van der Waals surface area contributed by atoms with Crippen LogP contribution in [0, 0.1) is 5.92 Å². The maximum Gasteiger partial charge on any atom is 0.222 e. The van der Waals surface area contributed by atoms with Crippen molar-refractivity contribution >= 4 is 5.91 Å². The number of rotatable bonds is 4. The summed E-state index contributed by atoms with van der Waals surface area (Å²) >= 11 is 0. The smallest absolute Gasteiger partial charge is 0.222 e. The number of carbonyl (C=O) groups excluding carboxylic acids is 1. The molecule has 17 heavy (non-hydrogen) atoms. The van der Waals surface area contributed by atoms with Crippen molar-refractivity contribution < 1.29 is 14.6 Å². The molecule has 2 N–H and O–H groups in total. The topological polar surface area (TPSA) is 58.6 Å². The van der Waals surface area contributed by atoms with Crippen LogP contribution in [0.15, 0.2) is 0 Å². The van der Waals surface area contributed by atoms with Crippen LogP contribution in [0.2, 0.25) is 0 Å². The molecule has 2 aliphatic rings. The Morgan fingerprint density at radius 1 is 1.24 bits per heavy atom. The summed E-state index contributed by atoms with van der Waals surface area (Å²) in [5, 5.41) is 12.2. The minimum absolute atomic E-state index is 0.0854. The zero-order valence-corrected chi connectivity index (χ0v) is 10.4. The Labute approximate surface area is 103 Å². The molecule has 98 valence electrons. The third-order valence-corrected chi connectivity index (χ3v) is 3.93. The first-order valence-corrected chi connectivity index (χ1v) is 6.81. The molecule has 1 amide bonds. The molecule has 0 radical (unpaired) electrons. The normalized spacial score (nSPS) is 33.6. The second kappa shape index (κ2) is 6.36. The van der Waals surface area contributed by atoms with E-state index >= 15 is 0 Å². The third-order valence-electron chi connectivity index (χ3n) is 3.93. The number of aliphatic hydroxyl groups excluding tert-OH is 1. The fourth-order valence-corrected chi connectivity index (χ4v) is 2.89. The average Bonchev–Trinajstić information content (AvgIpc) is 2.77. The number of amides is 1. The maximum absolute atomic E-state index is 11.9. The molecule has 0 aromatic rings. The van der Waals surface area contributed by atoms with Crippen molar-refractivity contribution in [3.8, 4) is 0 Å². The highest BCUT2D eigenvalue weighted by molar-refractivity contribution is 5.76. The van der Waals surface area contributed by atoms with Gasteiger partial charge in [-0.2, -0.15) is 0 Å². The molecule has 0 aromatic carbocycles. The summed E-state index contributed by atoms with van der Waals surface area (Å²) in [6, 6.07) is 0.177. The Kier molecular flexibility index (Phi) is 4.80. The van der Waals surface area contributed by atoms with Crippen molar-refractivity contribution in [1.29, 1.82) is 0 Å². The predicted molar refractivity (Wildman–Crippen MR) is 64.6 cm³/mol. The summed E-state index contributed by atoms with van der Waals surface area (Å²) in [7, 11) is 0. The Morgan fingerprint density at radius 2 is 2.12 bits per heavy atom. The summed E-state index contributed by atoms with van der Waals surface area (Å²) in [6.07, 6.45) is 7.02. The first kappa shape index (κ1) is 12.8. The Bertz CT molecular complexity index is 251. The minimum Gasteiger partial charge on any atom is -0.396 e. The summed E-state index contributed by atoms with van der Waals surface area (Å²) in [4.78, 5) is 11.9. The largest absolute Gasteiger partial charge is 0.396 e. The van der Waals surface area contributed by atoms with Crippen LogP contribution in [-0.2, 0) is 9.53 Å². The fraction of sp³-hybridized carbons (Fsp3) is 0.923. The molecule has 1 aliphatic heterocycles. The van der Waals surface area contributed by atoms with Crippen LogP contribution in [0.3, 0.4) is 0 Å². The second-order valence-electron chi connectivity index (χ2n) is 5.24. The Morgan fingerprint density at radius 3 is 2.82 bits per heavy atom. The first-order valence-electron chi connectivity index (χ1n) is 6.81.